The number of unbranched alkanes of at least 4 members (excludes halogenated alkanes) is 1. The van der Waals surface area contributed by atoms with E-state index < -0.39 is 0 Å². The van der Waals surface area contributed by atoms with Crippen molar-refractivity contribution in [2.45, 2.75) is 39.5 Å². The highest BCUT2D eigenvalue weighted by molar-refractivity contribution is 5.69. The standard InChI is InChI=1S/C12H18N2O3/c1-3-17-12(16)9-7-5-4-6-8-11(14-13)10(2)15/h4,6H,3,5,7-9H2,1-2H3/p+1/b6-4-,11-10+. The predicted octanol–water partition coefficient (Wildman–Crippen LogP) is 3.31. The van der Waals surface area contributed by atoms with Crippen molar-refractivity contribution in [1.82, 2.24) is 0 Å². The zero-order chi connectivity index (χ0) is 13.1. The van der Waals surface area contributed by atoms with Crippen molar-refractivity contribution in [1.29, 1.82) is 5.39 Å². The zero-order valence-corrected chi connectivity index (χ0v) is 10.3. The normalized spacial score (nSPS) is 12.1. The Hall–Kier alpha value is -1.83. The van der Waals surface area contributed by atoms with E-state index in [9.17, 15) is 4.79 Å². The maximum absolute atomic E-state index is 11.0. The Balaban J connectivity index is 3.73. The summed E-state index contributed by atoms with van der Waals surface area (Å²) in [7, 11) is 0. The lowest BCUT2D eigenvalue weighted by atomic mass is 10.2. The van der Waals surface area contributed by atoms with Crippen LogP contribution in [0.1, 0.15) is 39.5 Å². The van der Waals surface area contributed by atoms with Crippen LogP contribution in [-0.2, 0) is 9.53 Å². The van der Waals surface area contributed by atoms with Crippen LogP contribution < -0.4 is 0 Å². The summed E-state index contributed by atoms with van der Waals surface area (Å²) in [4.78, 5) is 13.9. The van der Waals surface area contributed by atoms with E-state index in [1.54, 1.807) is 13.0 Å². The molecular formula is C12H19N2O3+. The fourth-order valence-corrected chi connectivity index (χ4v) is 1.17. The van der Waals surface area contributed by atoms with E-state index in [1.165, 1.54) is 6.92 Å². The molecule has 0 amide bonds. The van der Waals surface area contributed by atoms with Gasteiger partial charge >= 0.3 is 11.7 Å². The van der Waals surface area contributed by atoms with E-state index in [4.69, 9.17) is 15.2 Å². The minimum absolute atomic E-state index is 0.00340. The van der Waals surface area contributed by atoms with Gasteiger partial charge in [-0.05, 0) is 19.8 Å². The Morgan fingerprint density at radius 3 is 2.71 bits per heavy atom. The fourth-order valence-electron chi connectivity index (χ4n) is 1.17. The number of hydrogen-bond donors (Lipinski definition) is 1. The van der Waals surface area contributed by atoms with Crippen LogP contribution in [0.25, 0.3) is 4.98 Å². The van der Waals surface area contributed by atoms with E-state index in [2.05, 4.69) is 4.98 Å². The maximum Gasteiger partial charge on any atom is 0.401 e. The third-order valence-electron chi connectivity index (χ3n) is 2.07. The van der Waals surface area contributed by atoms with Crippen LogP contribution in [0.2, 0.25) is 0 Å². The van der Waals surface area contributed by atoms with E-state index >= 15 is 0 Å². The SMILES string of the molecule is CCOC(=O)CCC/C=C\C/C([N+]#N)=C(/C)O. The second kappa shape index (κ2) is 9.40. The van der Waals surface area contributed by atoms with Crippen molar-refractivity contribution in [2.75, 3.05) is 6.61 Å². The smallest absolute Gasteiger partial charge is 0.401 e. The number of aliphatic hydroxyl groups excluding tert-OH is 1. The molecule has 0 spiro atoms. The first-order valence-corrected chi connectivity index (χ1v) is 5.66. The minimum Gasteiger partial charge on any atom is -0.505 e. The number of esters is 1. The van der Waals surface area contributed by atoms with Crippen LogP contribution in [0.15, 0.2) is 23.6 Å². The number of diazo groups is 1. The highest BCUT2D eigenvalue weighted by Gasteiger charge is 2.11. The molecule has 0 unspecified atom stereocenters. The van der Waals surface area contributed by atoms with Crippen LogP contribution >= 0.6 is 0 Å². The molecule has 0 radical (unpaired) electrons. The van der Waals surface area contributed by atoms with Crippen LogP contribution in [0.3, 0.4) is 0 Å². The monoisotopic (exact) mass is 239 g/mol. The first-order chi connectivity index (χ1) is 8.11. The van der Waals surface area contributed by atoms with Crippen LogP contribution in [0.4, 0.5) is 0 Å². The maximum atomic E-state index is 11.0. The molecule has 0 fully saturated rings. The molecule has 0 aromatic rings. The highest BCUT2D eigenvalue weighted by Crippen LogP contribution is 2.09. The first-order valence-electron chi connectivity index (χ1n) is 5.66. The van der Waals surface area contributed by atoms with Crippen LogP contribution in [-0.4, -0.2) is 17.7 Å². The van der Waals surface area contributed by atoms with Crippen LogP contribution in [0.5, 0.6) is 0 Å². The summed E-state index contributed by atoms with van der Waals surface area (Å²) < 4.78 is 4.78. The average molecular weight is 239 g/mol. The number of allylic oxidation sites excluding steroid dienone is 3. The largest absolute Gasteiger partial charge is 0.505 e. The summed E-state index contributed by atoms with van der Waals surface area (Å²) in [5, 5.41) is 17.6. The van der Waals surface area contributed by atoms with Crippen molar-refractivity contribution < 1.29 is 14.6 Å². The molecule has 0 aliphatic rings. The van der Waals surface area contributed by atoms with E-state index in [-0.39, 0.29) is 17.4 Å². The van der Waals surface area contributed by atoms with Crippen molar-refractivity contribution in [2.24, 2.45) is 0 Å². The number of hydrogen-bond acceptors (Lipinski definition) is 4. The quantitative estimate of drug-likeness (QED) is 0.243. The molecule has 1 N–H and O–H groups in total. The van der Waals surface area contributed by atoms with E-state index in [1.807, 2.05) is 6.08 Å². The molecule has 5 heteroatoms. The Morgan fingerprint density at radius 2 is 2.18 bits per heavy atom. The summed E-state index contributed by atoms with van der Waals surface area (Å²) in [6.07, 6.45) is 5.93. The summed E-state index contributed by atoms with van der Waals surface area (Å²) in [6.45, 7) is 3.65. The molecular weight excluding hydrogens is 220 g/mol. The Morgan fingerprint density at radius 1 is 1.47 bits per heavy atom. The number of aliphatic hydroxyl groups is 1. The molecule has 0 aromatic carbocycles. The van der Waals surface area contributed by atoms with Crippen molar-refractivity contribution in [3.63, 3.8) is 0 Å². The van der Waals surface area contributed by atoms with Gasteiger partial charge in [-0.2, -0.15) is 0 Å². The molecule has 0 aliphatic heterocycles. The summed E-state index contributed by atoms with van der Waals surface area (Å²) in [5.41, 5.74) is 0.242. The van der Waals surface area contributed by atoms with Gasteiger partial charge in [-0.15, -0.1) is 0 Å². The van der Waals surface area contributed by atoms with Gasteiger partial charge in [0.05, 0.1) is 13.0 Å². The molecule has 0 bridgehead atoms. The lowest BCUT2D eigenvalue weighted by Gasteiger charge is -1.98. The third-order valence-corrected chi connectivity index (χ3v) is 2.07. The number of carbonyl (C=O) groups excluding carboxylic acids is 1. The van der Waals surface area contributed by atoms with Crippen molar-refractivity contribution in [3.05, 3.63) is 28.6 Å². The van der Waals surface area contributed by atoms with Gasteiger partial charge in [0.2, 0.25) is 5.39 Å². The molecule has 5 nitrogen and oxygen atoms in total. The summed E-state index contributed by atoms with van der Waals surface area (Å²) in [6, 6.07) is 0. The molecule has 0 heterocycles. The van der Waals surface area contributed by atoms with Gasteiger partial charge in [0, 0.05) is 13.3 Å². The molecule has 0 rings (SSSR count). The van der Waals surface area contributed by atoms with Gasteiger partial charge in [-0.3, -0.25) is 4.79 Å². The van der Waals surface area contributed by atoms with Gasteiger partial charge in [0.15, 0.2) is 10.7 Å². The molecule has 0 atom stereocenters. The molecule has 94 valence electrons. The topological polar surface area (TPSA) is 74.7 Å². The Kier molecular flexibility index (Phi) is 8.39. The highest BCUT2D eigenvalue weighted by atomic mass is 16.5. The molecule has 0 aromatic heterocycles. The lowest BCUT2D eigenvalue weighted by Crippen LogP contribution is -2.02. The molecule has 0 aliphatic carbocycles. The minimum atomic E-state index is -0.182. The van der Waals surface area contributed by atoms with E-state index in [0.29, 0.717) is 19.4 Å². The van der Waals surface area contributed by atoms with Gasteiger partial charge in [-0.1, -0.05) is 12.2 Å². The van der Waals surface area contributed by atoms with Gasteiger partial charge < -0.3 is 9.84 Å². The molecule has 0 saturated heterocycles. The van der Waals surface area contributed by atoms with Gasteiger partial charge in [-0.25, -0.2) is 0 Å². The first kappa shape index (κ1) is 15.2. The predicted molar refractivity (Wildman–Crippen MR) is 64.7 cm³/mol. The lowest BCUT2D eigenvalue weighted by molar-refractivity contribution is -0.143. The van der Waals surface area contributed by atoms with Gasteiger partial charge in [0.25, 0.3) is 0 Å². The molecule has 0 saturated carbocycles. The Bertz CT molecular complexity index is 336. The number of ether oxygens (including phenoxy) is 1. The van der Waals surface area contributed by atoms with Crippen LogP contribution in [0, 0.1) is 5.39 Å². The number of rotatable bonds is 7. The zero-order valence-electron chi connectivity index (χ0n) is 10.3. The van der Waals surface area contributed by atoms with E-state index in [0.717, 1.165) is 12.8 Å². The summed E-state index contributed by atoms with van der Waals surface area (Å²) in [5.74, 6) is -0.179. The van der Waals surface area contributed by atoms with Crippen molar-refractivity contribution in [3.8, 4) is 0 Å². The third kappa shape index (κ3) is 8.03. The van der Waals surface area contributed by atoms with Gasteiger partial charge in [0.1, 0.15) is 0 Å². The molecule has 17 heavy (non-hydrogen) atoms. The fraction of sp³-hybridized carbons (Fsp3) is 0.583. The number of nitrogens with zero attached hydrogens (tertiary/aromatic N) is 2. The Labute approximate surface area is 101 Å². The number of carbonyl (C=O) groups is 1. The second-order valence-electron chi connectivity index (χ2n) is 3.50. The van der Waals surface area contributed by atoms with Crippen molar-refractivity contribution >= 4 is 5.97 Å². The summed E-state index contributed by atoms with van der Waals surface area (Å²) >= 11 is 0. The second-order valence-corrected chi connectivity index (χ2v) is 3.50. The average Bonchev–Trinajstić information content (AvgIpc) is 2.28.